The van der Waals surface area contributed by atoms with E-state index in [2.05, 4.69) is 10.6 Å². The van der Waals surface area contributed by atoms with Crippen LogP contribution in [-0.4, -0.2) is 31.6 Å². The summed E-state index contributed by atoms with van der Waals surface area (Å²) in [6, 6.07) is 8.66. The van der Waals surface area contributed by atoms with Gasteiger partial charge in [0.05, 0.1) is 0 Å². The number of imide groups is 1. The third-order valence-electron chi connectivity index (χ3n) is 2.70. The molecule has 0 aliphatic carbocycles. The second kappa shape index (κ2) is 6.64. The Morgan fingerprint density at radius 3 is 2.44 bits per heavy atom. The van der Waals surface area contributed by atoms with E-state index in [1.54, 1.807) is 13.8 Å². The van der Waals surface area contributed by atoms with Crippen LogP contribution in [-0.2, 0) is 4.79 Å². The molecular weight excluding hydrogens is 230 g/mol. The lowest BCUT2D eigenvalue weighted by molar-refractivity contribution is -0.120. The summed E-state index contributed by atoms with van der Waals surface area (Å²) in [6.07, 6.45) is 0. The first-order chi connectivity index (χ1) is 8.56. The van der Waals surface area contributed by atoms with Crippen molar-refractivity contribution in [3.8, 4) is 0 Å². The van der Waals surface area contributed by atoms with Crippen LogP contribution in [0.3, 0.4) is 0 Å². The summed E-state index contributed by atoms with van der Waals surface area (Å²) in [6.45, 7) is 4.03. The molecule has 18 heavy (non-hydrogen) atoms. The molecule has 2 N–H and O–H groups in total. The van der Waals surface area contributed by atoms with Gasteiger partial charge in [0.2, 0.25) is 5.91 Å². The Morgan fingerprint density at radius 1 is 1.28 bits per heavy atom. The summed E-state index contributed by atoms with van der Waals surface area (Å²) >= 11 is 0. The van der Waals surface area contributed by atoms with Crippen molar-refractivity contribution in [1.82, 2.24) is 10.6 Å². The van der Waals surface area contributed by atoms with Crippen molar-refractivity contribution < 1.29 is 9.59 Å². The second-order valence-corrected chi connectivity index (χ2v) is 3.97. The summed E-state index contributed by atoms with van der Waals surface area (Å²) in [7, 11) is 1.82. The molecule has 1 rings (SSSR count). The molecule has 98 valence electrons. The van der Waals surface area contributed by atoms with Gasteiger partial charge < -0.3 is 10.2 Å². The van der Waals surface area contributed by atoms with Gasteiger partial charge in [0.15, 0.2) is 0 Å². The molecule has 0 heterocycles. The van der Waals surface area contributed by atoms with Crippen LogP contribution in [0.5, 0.6) is 0 Å². The number of urea groups is 1. The predicted molar refractivity (Wildman–Crippen MR) is 71.5 cm³/mol. The number of carbonyl (C=O) groups excluding carboxylic acids is 2. The molecule has 3 amide bonds. The number of hydrogen-bond acceptors (Lipinski definition) is 3. The molecule has 1 aromatic carbocycles. The zero-order valence-electron chi connectivity index (χ0n) is 10.9. The van der Waals surface area contributed by atoms with E-state index in [1.807, 2.05) is 42.3 Å². The standard InChI is InChI=1S/C13H19N3O2/c1-4-14-13(18)15-12(17)10(2)16(3)11-8-6-5-7-9-11/h5-10H,4H2,1-3H3,(H2,14,15,17,18). The SMILES string of the molecule is CCNC(=O)NC(=O)C(C)N(C)c1ccccc1. The number of amides is 3. The van der Waals surface area contributed by atoms with Gasteiger partial charge in [-0.1, -0.05) is 18.2 Å². The third kappa shape index (κ3) is 3.76. The highest BCUT2D eigenvalue weighted by Gasteiger charge is 2.19. The minimum Gasteiger partial charge on any atom is -0.363 e. The molecule has 0 aromatic heterocycles. The number of benzene rings is 1. The van der Waals surface area contributed by atoms with Crippen molar-refractivity contribution in [2.24, 2.45) is 0 Å². The predicted octanol–water partition coefficient (Wildman–Crippen LogP) is 1.36. The largest absolute Gasteiger partial charge is 0.363 e. The molecule has 0 saturated carbocycles. The van der Waals surface area contributed by atoms with E-state index >= 15 is 0 Å². The van der Waals surface area contributed by atoms with Crippen LogP contribution < -0.4 is 15.5 Å². The number of nitrogens with one attached hydrogen (secondary N) is 2. The monoisotopic (exact) mass is 249 g/mol. The van der Waals surface area contributed by atoms with E-state index in [4.69, 9.17) is 0 Å². The van der Waals surface area contributed by atoms with Gasteiger partial charge in [0.1, 0.15) is 6.04 Å². The van der Waals surface area contributed by atoms with Gasteiger partial charge in [0.25, 0.3) is 0 Å². The first-order valence-electron chi connectivity index (χ1n) is 5.92. The van der Waals surface area contributed by atoms with E-state index < -0.39 is 12.1 Å². The zero-order chi connectivity index (χ0) is 13.5. The first kappa shape index (κ1) is 14.0. The van der Waals surface area contributed by atoms with Gasteiger partial charge in [-0.3, -0.25) is 10.1 Å². The van der Waals surface area contributed by atoms with Crippen molar-refractivity contribution in [1.29, 1.82) is 0 Å². The molecule has 1 aromatic rings. The Balaban J connectivity index is 2.61. The summed E-state index contributed by atoms with van der Waals surface area (Å²) in [5.41, 5.74) is 0.927. The highest BCUT2D eigenvalue weighted by atomic mass is 16.2. The maximum atomic E-state index is 11.8. The molecule has 5 heteroatoms. The number of rotatable bonds is 4. The van der Waals surface area contributed by atoms with E-state index in [9.17, 15) is 9.59 Å². The molecule has 0 aliphatic heterocycles. The summed E-state index contributed by atoms with van der Waals surface area (Å²) in [5.74, 6) is -0.327. The number of para-hydroxylation sites is 1. The number of carbonyl (C=O) groups is 2. The molecular formula is C13H19N3O2. The molecule has 0 spiro atoms. The fourth-order valence-electron chi connectivity index (χ4n) is 1.48. The van der Waals surface area contributed by atoms with Gasteiger partial charge in [-0.25, -0.2) is 4.79 Å². The Bertz CT molecular complexity index is 406. The maximum Gasteiger partial charge on any atom is 0.321 e. The lowest BCUT2D eigenvalue weighted by Gasteiger charge is -2.25. The highest BCUT2D eigenvalue weighted by Crippen LogP contribution is 2.13. The third-order valence-corrected chi connectivity index (χ3v) is 2.70. The lowest BCUT2D eigenvalue weighted by Crippen LogP contribution is -2.48. The zero-order valence-corrected chi connectivity index (χ0v) is 10.9. The Kier molecular flexibility index (Phi) is 5.17. The Labute approximate surface area is 107 Å². The minimum absolute atomic E-state index is 0.327. The van der Waals surface area contributed by atoms with Crippen LogP contribution >= 0.6 is 0 Å². The van der Waals surface area contributed by atoms with Crippen LogP contribution in [0.1, 0.15) is 13.8 Å². The fourth-order valence-corrected chi connectivity index (χ4v) is 1.48. The van der Waals surface area contributed by atoms with Gasteiger partial charge in [0, 0.05) is 19.3 Å². The van der Waals surface area contributed by atoms with Crippen molar-refractivity contribution in [2.75, 3.05) is 18.5 Å². The van der Waals surface area contributed by atoms with Crippen LogP contribution in [0.4, 0.5) is 10.5 Å². The highest BCUT2D eigenvalue weighted by molar-refractivity contribution is 5.98. The summed E-state index contributed by atoms with van der Waals surface area (Å²) in [4.78, 5) is 24.9. The number of anilines is 1. The Hall–Kier alpha value is -2.04. The van der Waals surface area contributed by atoms with Crippen molar-refractivity contribution in [3.05, 3.63) is 30.3 Å². The average molecular weight is 249 g/mol. The smallest absolute Gasteiger partial charge is 0.321 e. The first-order valence-corrected chi connectivity index (χ1v) is 5.92. The topological polar surface area (TPSA) is 61.4 Å². The van der Waals surface area contributed by atoms with E-state index in [1.165, 1.54) is 0 Å². The number of likely N-dealkylation sites (N-methyl/N-ethyl adjacent to an activating group) is 1. The van der Waals surface area contributed by atoms with E-state index in [0.717, 1.165) is 5.69 Å². The van der Waals surface area contributed by atoms with Crippen molar-refractivity contribution >= 4 is 17.6 Å². The molecule has 1 unspecified atom stereocenters. The van der Waals surface area contributed by atoms with Crippen LogP contribution in [0.15, 0.2) is 30.3 Å². The van der Waals surface area contributed by atoms with Crippen LogP contribution in [0.2, 0.25) is 0 Å². The molecule has 1 atom stereocenters. The molecule has 0 radical (unpaired) electrons. The van der Waals surface area contributed by atoms with Gasteiger partial charge in [-0.2, -0.15) is 0 Å². The Morgan fingerprint density at radius 2 is 1.89 bits per heavy atom. The molecule has 0 bridgehead atoms. The summed E-state index contributed by atoms with van der Waals surface area (Å²) < 4.78 is 0. The van der Waals surface area contributed by atoms with E-state index in [0.29, 0.717) is 6.54 Å². The van der Waals surface area contributed by atoms with E-state index in [-0.39, 0.29) is 5.91 Å². The van der Waals surface area contributed by atoms with Gasteiger partial charge >= 0.3 is 6.03 Å². The molecule has 5 nitrogen and oxygen atoms in total. The maximum absolute atomic E-state index is 11.8. The quantitative estimate of drug-likeness (QED) is 0.847. The normalized spacial score (nSPS) is 11.5. The molecule has 0 aliphatic rings. The molecule has 0 fully saturated rings. The van der Waals surface area contributed by atoms with Gasteiger partial charge in [-0.15, -0.1) is 0 Å². The minimum atomic E-state index is -0.462. The fraction of sp³-hybridized carbons (Fsp3) is 0.385. The average Bonchev–Trinajstić information content (AvgIpc) is 2.38. The number of hydrogen-bond donors (Lipinski definition) is 2. The van der Waals surface area contributed by atoms with Gasteiger partial charge in [-0.05, 0) is 26.0 Å². The second-order valence-electron chi connectivity index (χ2n) is 3.97. The van der Waals surface area contributed by atoms with Crippen molar-refractivity contribution in [3.63, 3.8) is 0 Å². The summed E-state index contributed by atoms with van der Waals surface area (Å²) in [5, 5.41) is 4.82. The van der Waals surface area contributed by atoms with Crippen LogP contribution in [0, 0.1) is 0 Å². The van der Waals surface area contributed by atoms with Crippen molar-refractivity contribution in [2.45, 2.75) is 19.9 Å². The lowest BCUT2D eigenvalue weighted by atomic mass is 10.2. The molecule has 0 saturated heterocycles. The van der Waals surface area contributed by atoms with Crippen LogP contribution in [0.25, 0.3) is 0 Å². The number of nitrogens with zero attached hydrogens (tertiary/aromatic N) is 1.